The minimum atomic E-state index is -3.42. The van der Waals surface area contributed by atoms with E-state index in [2.05, 4.69) is 23.9 Å². The third-order valence-electron chi connectivity index (χ3n) is 2.94. The second-order valence-electron chi connectivity index (χ2n) is 5.51. The summed E-state index contributed by atoms with van der Waals surface area (Å²) in [6, 6.07) is 2.08. The molecular formula is C13H26N4O2S. The molecule has 0 radical (unpaired) electrons. The minimum absolute atomic E-state index is 0.319. The smallest absolute Gasteiger partial charge is 0.242 e. The van der Waals surface area contributed by atoms with Crippen LogP contribution in [0.3, 0.4) is 0 Å². The average molecular weight is 302 g/mol. The van der Waals surface area contributed by atoms with Crippen molar-refractivity contribution in [1.82, 2.24) is 19.5 Å². The zero-order valence-corrected chi connectivity index (χ0v) is 13.8. The average Bonchev–Trinajstić information content (AvgIpc) is 2.68. The summed E-state index contributed by atoms with van der Waals surface area (Å²) in [5, 5.41) is 3.28. The molecule has 0 bridgehead atoms. The Balaban J connectivity index is 2.73. The fourth-order valence-electron chi connectivity index (χ4n) is 1.70. The lowest BCUT2D eigenvalue weighted by Gasteiger charge is -2.10. The largest absolute Gasteiger partial charge is 0.352 e. The number of aryl methyl sites for hydroxylation is 1. The monoisotopic (exact) mass is 302 g/mol. The highest BCUT2D eigenvalue weighted by Crippen LogP contribution is 2.13. The van der Waals surface area contributed by atoms with Crippen LogP contribution in [-0.4, -0.2) is 51.1 Å². The van der Waals surface area contributed by atoms with E-state index in [-0.39, 0.29) is 0 Å². The lowest BCUT2D eigenvalue weighted by molar-refractivity contribution is 0.412. The number of sulfonamides is 1. The Morgan fingerprint density at radius 1 is 1.35 bits per heavy atom. The normalized spacial score (nSPS) is 12.6. The maximum atomic E-state index is 12.2. The first kappa shape index (κ1) is 17.2. The predicted molar refractivity (Wildman–Crippen MR) is 81.1 cm³/mol. The molecule has 0 saturated carbocycles. The van der Waals surface area contributed by atoms with Crippen molar-refractivity contribution in [3.8, 4) is 0 Å². The standard InChI is InChI=1S/C13H26N4O2S/c1-11(2)14-9-12-8-13(10-17(12)5)20(18,19)15-6-7-16(3)4/h8,10-11,14-15H,6-7,9H2,1-5H3. The van der Waals surface area contributed by atoms with Gasteiger partial charge in [0.2, 0.25) is 10.0 Å². The van der Waals surface area contributed by atoms with Gasteiger partial charge in [-0.3, -0.25) is 0 Å². The molecule has 116 valence electrons. The van der Waals surface area contributed by atoms with Gasteiger partial charge in [-0.2, -0.15) is 0 Å². The highest BCUT2D eigenvalue weighted by Gasteiger charge is 2.17. The molecule has 1 aromatic rings. The van der Waals surface area contributed by atoms with Crippen LogP contribution < -0.4 is 10.0 Å². The molecule has 0 atom stereocenters. The van der Waals surface area contributed by atoms with Crippen molar-refractivity contribution in [1.29, 1.82) is 0 Å². The number of likely N-dealkylation sites (N-methyl/N-ethyl adjacent to an activating group) is 1. The zero-order chi connectivity index (χ0) is 15.3. The third kappa shape index (κ3) is 5.24. The van der Waals surface area contributed by atoms with Gasteiger partial charge in [0.15, 0.2) is 0 Å². The van der Waals surface area contributed by atoms with Crippen LogP contribution in [0.1, 0.15) is 19.5 Å². The van der Waals surface area contributed by atoms with Crippen molar-refractivity contribution >= 4 is 10.0 Å². The molecule has 20 heavy (non-hydrogen) atoms. The topological polar surface area (TPSA) is 66.4 Å². The summed E-state index contributed by atoms with van der Waals surface area (Å²) in [6.45, 7) is 5.85. The fourth-order valence-corrected chi connectivity index (χ4v) is 2.81. The van der Waals surface area contributed by atoms with Crippen LogP contribution in [0.15, 0.2) is 17.2 Å². The van der Waals surface area contributed by atoms with E-state index in [0.717, 1.165) is 5.69 Å². The molecule has 0 aromatic carbocycles. The molecular weight excluding hydrogens is 276 g/mol. The molecule has 6 nitrogen and oxygen atoms in total. The van der Waals surface area contributed by atoms with E-state index in [1.165, 1.54) is 0 Å². The number of nitrogens with one attached hydrogen (secondary N) is 2. The van der Waals surface area contributed by atoms with Gasteiger partial charge in [0, 0.05) is 44.6 Å². The van der Waals surface area contributed by atoms with Gasteiger partial charge in [0.05, 0.1) is 4.90 Å². The maximum Gasteiger partial charge on any atom is 0.242 e. The first-order valence-electron chi connectivity index (χ1n) is 6.75. The number of hydrogen-bond acceptors (Lipinski definition) is 4. The molecule has 0 saturated heterocycles. The van der Waals surface area contributed by atoms with Gasteiger partial charge in [-0.25, -0.2) is 13.1 Å². The molecule has 0 amide bonds. The SMILES string of the molecule is CC(C)NCc1cc(S(=O)(=O)NCCN(C)C)cn1C. The van der Waals surface area contributed by atoms with Gasteiger partial charge in [0.1, 0.15) is 0 Å². The lowest BCUT2D eigenvalue weighted by atomic mass is 10.3. The van der Waals surface area contributed by atoms with E-state index >= 15 is 0 Å². The van der Waals surface area contributed by atoms with Crippen LogP contribution in [0.4, 0.5) is 0 Å². The summed E-state index contributed by atoms with van der Waals surface area (Å²) in [5.74, 6) is 0. The number of rotatable bonds is 8. The summed E-state index contributed by atoms with van der Waals surface area (Å²) in [4.78, 5) is 2.25. The second kappa shape index (κ2) is 7.21. The van der Waals surface area contributed by atoms with Crippen LogP contribution in [0.2, 0.25) is 0 Å². The lowest BCUT2D eigenvalue weighted by Crippen LogP contribution is -2.31. The van der Waals surface area contributed by atoms with E-state index in [9.17, 15) is 8.42 Å². The van der Waals surface area contributed by atoms with E-state index in [1.54, 1.807) is 12.3 Å². The highest BCUT2D eigenvalue weighted by molar-refractivity contribution is 7.89. The molecule has 0 spiro atoms. The Morgan fingerprint density at radius 3 is 2.55 bits per heavy atom. The first-order valence-corrected chi connectivity index (χ1v) is 8.23. The van der Waals surface area contributed by atoms with Crippen LogP contribution in [-0.2, 0) is 23.6 Å². The van der Waals surface area contributed by atoms with Crippen LogP contribution >= 0.6 is 0 Å². The molecule has 0 aliphatic heterocycles. The Hall–Kier alpha value is -0.890. The van der Waals surface area contributed by atoms with Gasteiger partial charge in [0.25, 0.3) is 0 Å². The van der Waals surface area contributed by atoms with Crippen LogP contribution in [0.5, 0.6) is 0 Å². The van der Waals surface area contributed by atoms with Crippen molar-refractivity contribution in [2.24, 2.45) is 7.05 Å². The Labute approximate surface area is 122 Å². The molecule has 1 rings (SSSR count). The number of nitrogens with zero attached hydrogens (tertiary/aromatic N) is 2. The molecule has 7 heteroatoms. The molecule has 0 aliphatic carbocycles. The summed E-state index contributed by atoms with van der Waals surface area (Å²) in [7, 11) is 2.25. The highest BCUT2D eigenvalue weighted by atomic mass is 32.2. The van der Waals surface area contributed by atoms with Gasteiger partial charge in [-0.1, -0.05) is 13.8 Å². The van der Waals surface area contributed by atoms with Gasteiger partial charge in [-0.15, -0.1) is 0 Å². The molecule has 1 heterocycles. The van der Waals surface area contributed by atoms with E-state index in [1.807, 2.05) is 30.6 Å². The summed E-state index contributed by atoms with van der Waals surface area (Å²) < 4.78 is 28.8. The number of aromatic nitrogens is 1. The minimum Gasteiger partial charge on any atom is -0.352 e. The van der Waals surface area contributed by atoms with Crippen molar-refractivity contribution < 1.29 is 8.42 Å². The summed E-state index contributed by atoms with van der Waals surface area (Å²) >= 11 is 0. The van der Waals surface area contributed by atoms with Crippen molar-refractivity contribution in [3.05, 3.63) is 18.0 Å². The fraction of sp³-hybridized carbons (Fsp3) is 0.692. The van der Waals surface area contributed by atoms with E-state index < -0.39 is 10.0 Å². The Morgan fingerprint density at radius 2 is 2.00 bits per heavy atom. The van der Waals surface area contributed by atoms with Crippen molar-refractivity contribution in [2.45, 2.75) is 31.3 Å². The van der Waals surface area contributed by atoms with E-state index in [0.29, 0.717) is 30.6 Å². The van der Waals surface area contributed by atoms with E-state index in [4.69, 9.17) is 0 Å². The number of hydrogen-bond donors (Lipinski definition) is 2. The molecule has 0 unspecified atom stereocenters. The zero-order valence-electron chi connectivity index (χ0n) is 13.0. The third-order valence-corrected chi connectivity index (χ3v) is 4.36. The molecule has 0 aliphatic rings. The molecule has 0 fully saturated rings. The molecule has 1 aromatic heterocycles. The maximum absolute atomic E-state index is 12.2. The van der Waals surface area contributed by atoms with Crippen molar-refractivity contribution in [2.75, 3.05) is 27.2 Å². The quantitative estimate of drug-likeness (QED) is 0.728. The first-order chi connectivity index (χ1) is 9.22. The van der Waals surface area contributed by atoms with Crippen LogP contribution in [0, 0.1) is 0 Å². The van der Waals surface area contributed by atoms with Gasteiger partial charge < -0.3 is 14.8 Å². The van der Waals surface area contributed by atoms with Crippen LogP contribution in [0.25, 0.3) is 0 Å². The van der Waals surface area contributed by atoms with Crippen molar-refractivity contribution in [3.63, 3.8) is 0 Å². The Bertz CT molecular complexity index is 520. The Kier molecular flexibility index (Phi) is 6.19. The summed E-state index contributed by atoms with van der Waals surface area (Å²) in [6.07, 6.45) is 1.65. The van der Waals surface area contributed by atoms with Gasteiger partial charge in [-0.05, 0) is 20.2 Å². The van der Waals surface area contributed by atoms with Gasteiger partial charge >= 0.3 is 0 Å². The predicted octanol–water partition coefficient (Wildman–Crippen LogP) is 0.363. The molecule has 2 N–H and O–H groups in total. The summed E-state index contributed by atoms with van der Waals surface area (Å²) in [5.41, 5.74) is 0.951. The second-order valence-corrected chi connectivity index (χ2v) is 7.28.